The van der Waals surface area contributed by atoms with Crippen molar-refractivity contribution in [2.24, 2.45) is 0 Å². The number of rotatable bonds is 6. The molecule has 0 atom stereocenters. The number of benzene rings is 2. The minimum atomic E-state index is 0.700. The van der Waals surface area contributed by atoms with Gasteiger partial charge in [0.15, 0.2) is 5.65 Å². The van der Waals surface area contributed by atoms with Crippen molar-refractivity contribution in [3.05, 3.63) is 53.6 Å². The molecule has 0 bridgehead atoms. The summed E-state index contributed by atoms with van der Waals surface area (Å²) in [5.74, 6) is 0.999. The Kier molecular flexibility index (Phi) is 4.94. The van der Waals surface area contributed by atoms with Gasteiger partial charge >= 0.3 is 0 Å². The quantitative estimate of drug-likeness (QED) is 0.460. The highest BCUT2D eigenvalue weighted by Gasteiger charge is 2.18. The fourth-order valence-corrected chi connectivity index (χ4v) is 3.57. The number of aromatic nitrogens is 4. The monoisotopic (exact) mass is 379 g/mol. The topological polar surface area (TPSA) is 46.3 Å². The lowest BCUT2D eigenvalue weighted by Gasteiger charge is -2.24. The Labute approximate surface area is 163 Å². The Morgan fingerprint density at radius 3 is 2.37 bits per heavy atom. The van der Waals surface area contributed by atoms with Crippen molar-refractivity contribution < 1.29 is 0 Å². The summed E-state index contributed by atoms with van der Waals surface area (Å²) in [5, 5.41) is 10.6. The molecule has 0 N–H and O–H groups in total. The zero-order chi connectivity index (χ0) is 18.8. The molecule has 138 valence electrons. The van der Waals surface area contributed by atoms with Crippen LogP contribution < -0.4 is 4.90 Å². The maximum Gasteiger partial charge on any atom is 0.186 e. The van der Waals surface area contributed by atoms with Crippen molar-refractivity contribution in [1.82, 2.24) is 19.8 Å². The van der Waals surface area contributed by atoms with Crippen LogP contribution in [0.5, 0.6) is 0 Å². The summed E-state index contributed by atoms with van der Waals surface area (Å²) in [6.07, 6.45) is 2.14. The normalized spacial score (nSPS) is 11.4. The van der Waals surface area contributed by atoms with Crippen LogP contribution in [0.2, 0.25) is 5.02 Å². The lowest BCUT2D eigenvalue weighted by molar-refractivity contribution is 0.736. The highest BCUT2D eigenvalue weighted by Crippen LogP contribution is 2.30. The number of hydrogen-bond acceptors (Lipinski definition) is 4. The van der Waals surface area contributed by atoms with E-state index in [1.54, 1.807) is 0 Å². The molecule has 5 nitrogen and oxygen atoms in total. The Hall–Kier alpha value is -2.66. The lowest BCUT2D eigenvalue weighted by Crippen LogP contribution is -2.26. The molecule has 6 heteroatoms. The number of fused-ring (bicyclic) bond motifs is 3. The molecule has 0 saturated heterocycles. The third-order valence-electron chi connectivity index (χ3n) is 4.64. The number of hydrogen-bond donors (Lipinski definition) is 0. The van der Waals surface area contributed by atoms with Gasteiger partial charge in [-0.15, -0.1) is 5.10 Å². The standard InChI is InChI=1S/C21H22ClN5/c1-3-13-26(14-4-2)20-17-7-5-6-8-18(17)27-21(23-20)19(24-25-27)15-9-11-16(22)12-10-15/h5-12H,3-4,13-14H2,1-2H3. The predicted octanol–water partition coefficient (Wildman–Crippen LogP) is 5.22. The zero-order valence-corrected chi connectivity index (χ0v) is 16.3. The molecule has 4 rings (SSSR count). The van der Waals surface area contributed by atoms with E-state index in [1.165, 1.54) is 0 Å². The summed E-state index contributed by atoms with van der Waals surface area (Å²) in [5.41, 5.74) is 3.51. The lowest BCUT2D eigenvalue weighted by atomic mass is 10.1. The largest absolute Gasteiger partial charge is 0.356 e. The van der Waals surface area contributed by atoms with Crippen LogP contribution in [-0.4, -0.2) is 32.9 Å². The molecule has 0 aliphatic rings. The van der Waals surface area contributed by atoms with Gasteiger partial charge < -0.3 is 4.90 Å². The molecular formula is C21H22ClN5. The van der Waals surface area contributed by atoms with Gasteiger partial charge in [0, 0.05) is 29.1 Å². The molecule has 0 unspecified atom stereocenters. The van der Waals surface area contributed by atoms with Gasteiger partial charge in [-0.2, -0.15) is 4.52 Å². The maximum absolute atomic E-state index is 6.04. The summed E-state index contributed by atoms with van der Waals surface area (Å²) in [6, 6.07) is 15.9. The van der Waals surface area contributed by atoms with E-state index < -0.39 is 0 Å². The molecular weight excluding hydrogens is 358 g/mol. The van der Waals surface area contributed by atoms with Crippen LogP contribution in [-0.2, 0) is 0 Å². The molecule has 0 radical (unpaired) electrons. The zero-order valence-electron chi connectivity index (χ0n) is 15.6. The molecule has 0 spiro atoms. The van der Waals surface area contributed by atoms with Gasteiger partial charge in [-0.1, -0.05) is 54.9 Å². The smallest absolute Gasteiger partial charge is 0.186 e. The van der Waals surface area contributed by atoms with Gasteiger partial charge in [0.25, 0.3) is 0 Å². The fourth-order valence-electron chi connectivity index (χ4n) is 3.45. The van der Waals surface area contributed by atoms with Gasteiger partial charge in [-0.25, -0.2) is 4.98 Å². The first-order chi connectivity index (χ1) is 13.2. The first-order valence-corrected chi connectivity index (χ1v) is 9.75. The SMILES string of the molecule is CCCN(CCC)c1nc2c(-c3ccc(Cl)cc3)nnn2c2ccccc12. The van der Waals surface area contributed by atoms with Crippen LogP contribution >= 0.6 is 11.6 Å². The molecule has 0 fully saturated rings. The van der Waals surface area contributed by atoms with Gasteiger partial charge in [-0.3, -0.25) is 0 Å². The third-order valence-corrected chi connectivity index (χ3v) is 4.89. The second kappa shape index (κ2) is 7.53. The van der Waals surface area contributed by atoms with Gasteiger partial charge in [-0.05, 0) is 37.1 Å². The minimum Gasteiger partial charge on any atom is -0.356 e. The summed E-state index contributed by atoms with van der Waals surface area (Å²) in [7, 11) is 0. The summed E-state index contributed by atoms with van der Waals surface area (Å²) >= 11 is 6.04. The van der Waals surface area contributed by atoms with Crippen LogP contribution in [0.1, 0.15) is 26.7 Å². The van der Waals surface area contributed by atoms with Gasteiger partial charge in [0.1, 0.15) is 11.5 Å². The summed E-state index contributed by atoms with van der Waals surface area (Å²) in [4.78, 5) is 7.39. The van der Waals surface area contributed by atoms with Crippen LogP contribution in [0.15, 0.2) is 48.5 Å². The first-order valence-electron chi connectivity index (χ1n) is 9.38. The maximum atomic E-state index is 6.04. The Balaban J connectivity index is 1.98. The Bertz CT molecular complexity index is 1070. The molecule has 0 amide bonds. The van der Waals surface area contributed by atoms with Crippen molar-refractivity contribution in [2.75, 3.05) is 18.0 Å². The summed E-state index contributed by atoms with van der Waals surface area (Å²) < 4.78 is 1.83. The molecule has 2 heterocycles. The molecule has 0 aliphatic heterocycles. The van der Waals surface area contributed by atoms with Crippen LogP contribution in [0.3, 0.4) is 0 Å². The highest BCUT2D eigenvalue weighted by molar-refractivity contribution is 6.30. The third kappa shape index (κ3) is 3.23. The van der Waals surface area contributed by atoms with E-state index in [0.29, 0.717) is 5.02 Å². The highest BCUT2D eigenvalue weighted by atomic mass is 35.5. The molecule has 4 aromatic rings. The van der Waals surface area contributed by atoms with Crippen molar-refractivity contribution >= 4 is 34.0 Å². The first kappa shape index (κ1) is 17.7. The fraction of sp³-hybridized carbons (Fsp3) is 0.286. The van der Waals surface area contributed by atoms with Crippen LogP contribution in [0, 0.1) is 0 Å². The van der Waals surface area contributed by atoms with E-state index in [0.717, 1.165) is 59.6 Å². The second-order valence-corrected chi connectivity index (χ2v) is 7.06. The van der Waals surface area contributed by atoms with Gasteiger partial charge in [0.2, 0.25) is 0 Å². The average Bonchev–Trinajstić information content (AvgIpc) is 3.12. The minimum absolute atomic E-state index is 0.700. The van der Waals surface area contributed by atoms with E-state index >= 15 is 0 Å². The number of nitrogens with zero attached hydrogens (tertiary/aromatic N) is 5. The molecule has 2 aromatic carbocycles. The van der Waals surface area contributed by atoms with Crippen LogP contribution in [0.4, 0.5) is 5.82 Å². The van der Waals surface area contributed by atoms with E-state index in [-0.39, 0.29) is 0 Å². The van der Waals surface area contributed by atoms with E-state index in [4.69, 9.17) is 16.6 Å². The second-order valence-electron chi connectivity index (χ2n) is 6.62. The van der Waals surface area contributed by atoms with Crippen molar-refractivity contribution in [3.8, 4) is 11.3 Å². The van der Waals surface area contributed by atoms with Crippen molar-refractivity contribution in [3.63, 3.8) is 0 Å². The summed E-state index contributed by atoms with van der Waals surface area (Å²) in [6.45, 7) is 6.34. The molecule has 27 heavy (non-hydrogen) atoms. The average molecular weight is 380 g/mol. The number of halogens is 1. The van der Waals surface area contributed by atoms with Crippen molar-refractivity contribution in [2.45, 2.75) is 26.7 Å². The van der Waals surface area contributed by atoms with Crippen LogP contribution in [0.25, 0.3) is 27.8 Å². The number of anilines is 1. The number of para-hydroxylation sites is 1. The van der Waals surface area contributed by atoms with Crippen molar-refractivity contribution in [1.29, 1.82) is 0 Å². The predicted molar refractivity (Wildman–Crippen MR) is 112 cm³/mol. The Morgan fingerprint density at radius 2 is 1.67 bits per heavy atom. The van der Waals surface area contributed by atoms with E-state index in [2.05, 4.69) is 41.2 Å². The molecule has 0 saturated carbocycles. The van der Waals surface area contributed by atoms with E-state index in [9.17, 15) is 0 Å². The Morgan fingerprint density at radius 1 is 0.963 bits per heavy atom. The van der Waals surface area contributed by atoms with Gasteiger partial charge in [0.05, 0.1) is 5.52 Å². The molecule has 0 aliphatic carbocycles. The van der Waals surface area contributed by atoms with E-state index in [1.807, 2.05) is 40.9 Å². The molecule has 2 aromatic heterocycles.